The van der Waals surface area contributed by atoms with Crippen molar-refractivity contribution in [2.45, 2.75) is 47.1 Å². The molecule has 3 rings (SSSR count). The number of nitrogens with zero attached hydrogens (tertiary/aromatic N) is 1. The second-order valence-electron chi connectivity index (χ2n) is 9.54. The van der Waals surface area contributed by atoms with E-state index in [9.17, 15) is 18.4 Å². The van der Waals surface area contributed by atoms with Gasteiger partial charge in [0.1, 0.15) is 12.4 Å². The van der Waals surface area contributed by atoms with Crippen LogP contribution < -0.4 is 15.2 Å². The number of hydrogen-bond acceptors (Lipinski definition) is 4. The van der Waals surface area contributed by atoms with Gasteiger partial charge in [-0.2, -0.15) is 0 Å². The zero-order chi connectivity index (χ0) is 27.1. The highest BCUT2D eigenvalue weighted by atomic mass is 19.1. The number of amides is 1. The lowest BCUT2D eigenvalue weighted by Gasteiger charge is -2.28. The van der Waals surface area contributed by atoms with Crippen molar-refractivity contribution in [1.29, 1.82) is 0 Å². The fourth-order valence-electron chi connectivity index (χ4n) is 4.00. The van der Waals surface area contributed by atoms with Crippen molar-refractivity contribution in [2.75, 3.05) is 11.6 Å². The summed E-state index contributed by atoms with van der Waals surface area (Å²) < 4.78 is 32.9. The number of ether oxygens (including phenoxy) is 1. The SMILES string of the molecule is Cc1cc(C)cc(N(CC(C)C)NC(=O)c2cc(COc3cc(F)ccc3F)ccc2CCC(=O)O)c1. The number of hydrogen-bond donors (Lipinski definition) is 2. The van der Waals surface area contributed by atoms with Crippen LogP contribution in [0.4, 0.5) is 14.5 Å². The van der Waals surface area contributed by atoms with Gasteiger partial charge in [0.15, 0.2) is 11.6 Å². The molecule has 0 spiro atoms. The number of benzene rings is 3. The van der Waals surface area contributed by atoms with Gasteiger partial charge >= 0.3 is 5.97 Å². The summed E-state index contributed by atoms with van der Waals surface area (Å²) in [7, 11) is 0. The number of carbonyl (C=O) groups is 2. The summed E-state index contributed by atoms with van der Waals surface area (Å²) in [5.74, 6) is -2.70. The molecule has 2 N–H and O–H groups in total. The van der Waals surface area contributed by atoms with Gasteiger partial charge in [-0.15, -0.1) is 0 Å². The molecule has 0 atom stereocenters. The van der Waals surface area contributed by atoms with Crippen molar-refractivity contribution in [3.8, 4) is 5.75 Å². The van der Waals surface area contributed by atoms with Crippen LogP contribution in [0.2, 0.25) is 0 Å². The Bertz CT molecular complexity index is 1260. The molecule has 6 nitrogen and oxygen atoms in total. The minimum Gasteiger partial charge on any atom is -0.486 e. The van der Waals surface area contributed by atoms with Crippen LogP contribution in [0.3, 0.4) is 0 Å². The number of carboxylic acids is 1. The Labute approximate surface area is 215 Å². The molecule has 0 aliphatic rings. The van der Waals surface area contributed by atoms with Gasteiger partial charge in [0.25, 0.3) is 5.91 Å². The second kappa shape index (κ2) is 12.3. The first-order chi connectivity index (χ1) is 17.5. The van der Waals surface area contributed by atoms with Crippen LogP contribution in [0, 0.1) is 31.4 Å². The number of anilines is 1. The maximum Gasteiger partial charge on any atom is 0.303 e. The molecule has 37 heavy (non-hydrogen) atoms. The number of hydrazine groups is 1. The second-order valence-corrected chi connectivity index (χ2v) is 9.54. The Hall–Kier alpha value is -3.94. The number of rotatable bonds is 11. The molecule has 196 valence electrons. The Balaban J connectivity index is 1.90. The molecule has 3 aromatic carbocycles. The van der Waals surface area contributed by atoms with Crippen LogP contribution in [0.5, 0.6) is 5.75 Å². The predicted molar refractivity (Wildman–Crippen MR) is 139 cm³/mol. The third-order valence-electron chi connectivity index (χ3n) is 5.62. The average Bonchev–Trinajstić information content (AvgIpc) is 2.82. The van der Waals surface area contributed by atoms with E-state index in [1.54, 1.807) is 23.2 Å². The lowest BCUT2D eigenvalue weighted by Crippen LogP contribution is -2.44. The van der Waals surface area contributed by atoms with Crippen molar-refractivity contribution in [3.63, 3.8) is 0 Å². The van der Waals surface area contributed by atoms with Crippen molar-refractivity contribution in [3.05, 3.63) is 94.0 Å². The van der Waals surface area contributed by atoms with E-state index in [1.165, 1.54) is 0 Å². The van der Waals surface area contributed by atoms with Crippen LogP contribution in [0.1, 0.15) is 52.9 Å². The number of carboxylic acid groups (broad SMARTS) is 1. The Morgan fingerprint density at radius 3 is 2.35 bits per heavy atom. The van der Waals surface area contributed by atoms with Crippen LogP contribution in [0.25, 0.3) is 0 Å². The van der Waals surface area contributed by atoms with Crippen LogP contribution in [-0.4, -0.2) is 23.5 Å². The lowest BCUT2D eigenvalue weighted by atomic mass is 9.99. The monoisotopic (exact) mass is 510 g/mol. The molecule has 0 aromatic heterocycles. The first-order valence-corrected chi connectivity index (χ1v) is 12.1. The van der Waals surface area contributed by atoms with Gasteiger partial charge in [-0.05, 0) is 78.8 Å². The first-order valence-electron chi connectivity index (χ1n) is 12.1. The molecule has 0 aliphatic carbocycles. The number of carbonyl (C=O) groups excluding carboxylic acids is 1. The smallest absolute Gasteiger partial charge is 0.303 e. The number of nitrogens with one attached hydrogen (secondary N) is 1. The number of aliphatic carboxylic acids is 1. The molecule has 0 saturated carbocycles. The minimum absolute atomic E-state index is 0.105. The summed E-state index contributed by atoms with van der Waals surface area (Å²) in [6.45, 7) is 8.52. The first kappa shape index (κ1) is 27.6. The van der Waals surface area contributed by atoms with Crippen molar-refractivity contribution in [2.24, 2.45) is 5.92 Å². The van der Waals surface area contributed by atoms with Gasteiger partial charge in [-0.1, -0.05) is 32.0 Å². The highest BCUT2D eigenvalue weighted by molar-refractivity contribution is 5.97. The van der Waals surface area contributed by atoms with Crippen molar-refractivity contribution in [1.82, 2.24) is 5.43 Å². The molecule has 1 amide bonds. The molecule has 0 aliphatic heterocycles. The fourth-order valence-corrected chi connectivity index (χ4v) is 4.00. The van der Waals surface area contributed by atoms with E-state index in [4.69, 9.17) is 9.84 Å². The summed E-state index contributed by atoms with van der Waals surface area (Å²) in [4.78, 5) is 24.7. The minimum atomic E-state index is -0.975. The Kier molecular flexibility index (Phi) is 9.22. The summed E-state index contributed by atoms with van der Waals surface area (Å²) >= 11 is 0. The topological polar surface area (TPSA) is 78.9 Å². The zero-order valence-corrected chi connectivity index (χ0v) is 21.5. The maximum atomic E-state index is 14.0. The maximum absolute atomic E-state index is 14.0. The normalized spacial score (nSPS) is 10.9. The molecule has 0 unspecified atom stereocenters. The van der Waals surface area contributed by atoms with Gasteiger partial charge in [0, 0.05) is 24.6 Å². The van der Waals surface area contributed by atoms with Gasteiger partial charge < -0.3 is 9.84 Å². The van der Waals surface area contributed by atoms with Gasteiger partial charge in [-0.3, -0.25) is 20.0 Å². The molecule has 0 radical (unpaired) electrons. The largest absolute Gasteiger partial charge is 0.486 e. The summed E-state index contributed by atoms with van der Waals surface area (Å²) in [5.41, 5.74) is 7.34. The third kappa shape index (κ3) is 8.03. The highest BCUT2D eigenvalue weighted by Gasteiger charge is 2.19. The van der Waals surface area contributed by atoms with Crippen molar-refractivity contribution >= 4 is 17.6 Å². The third-order valence-corrected chi connectivity index (χ3v) is 5.62. The van der Waals surface area contributed by atoms with Gasteiger partial charge in [-0.25, -0.2) is 8.78 Å². The molecule has 3 aromatic rings. The fraction of sp³-hybridized carbons (Fsp3) is 0.310. The van der Waals surface area contributed by atoms with E-state index in [2.05, 4.69) is 5.43 Å². The number of halogens is 2. The zero-order valence-electron chi connectivity index (χ0n) is 21.5. The van der Waals surface area contributed by atoms with Gasteiger partial charge in [0.2, 0.25) is 0 Å². The quantitative estimate of drug-likeness (QED) is 0.310. The molecular weight excluding hydrogens is 478 g/mol. The molecule has 0 saturated heterocycles. The van der Waals surface area contributed by atoms with E-state index in [-0.39, 0.29) is 31.1 Å². The van der Waals surface area contributed by atoms with E-state index in [1.807, 2.05) is 45.9 Å². The lowest BCUT2D eigenvalue weighted by molar-refractivity contribution is -0.136. The van der Waals surface area contributed by atoms with E-state index < -0.39 is 23.5 Å². The number of aryl methyl sites for hydroxylation is 3. The standard InChI is InChI=1S/C29H32F2N2O4/c1-18(2)16-33(24-12-19(3)11-20(4)13-24)32-29(36)25-14-21(5-6-22(25)7-10-28(34)35)17-37-27-15-23(30)8-9-26(27)31/h5-6,8-9,11-15,18H,7,10,16-17H2,1-4H3,(H,32,36)(H,34,35). The van der Waals surface area contributed by atoms with Crippen LogP contribution in [-0.2, 0) is 17.8 Å². The molecule has 8 heteroatoms. The van der Waals surface area contributed by atoms with Crippen molar-refractivity contribution < 1.29 is 28.2 Å². The van der Waals surface area contributed by atoms with E-state index in [0.717, 1.165) is 35.0 Å². The molecule has 0 bridgehead atoms. The predicted octanol–water partition coefficient (Wildman–Crippen LogP) is 5.99. The van der Waals surface area contributed by atoms with Crippen LogP contribution >= 0.6 is 0 Å². The average molecular weight is 511 g/mol. The molecule has 0 fully saturated rings. The summed E-state index contributed by atoms with van der Waals surface area (Å²) in [6, 6.07) is 13.9. The molecule has 0 heterocycles. The Morgan fingerprint density at radius 1 is 1.00 bits per heavy atom. The molecular formula is C29H32F2N2O4. The van der Waals surface area contributed by atoms with E-state index >= 15 is 0 Å². The van der Waals surface area contributed by atoms with E-state index in [0.29, 0.717) is 23.2 Å². The summed E-state index contributed by atoms with van der Waals surface area (Å²) in [6.07, 6.45) is 0.0168. The summed E-state index contributed by atoms with van der Waals surface area (Å²) in [5, 5.41) is 11.0. The van der Waals surface area contributed by atoms with Crippen LogP contribution in [0.15, 0.2) is 54.6 Å². The Morgan fingerprint density at radius 2 is 1.70 bits per heavy atom. The van der Waals surface area contributed by atoms with Gasteiger partial charge in [0.05, 0.1) is 5.69 Å². The highest BCUT2D eigenvalue weighted by Crippen LogP contribution is 2.22.